The summed E-state index contributed by atoms with van der Waals surface area (Å²) in [5.74, 6) is -0.534. The van der Waals surface area contributed by atoms with Gasteiger partial charge in [-0.05, 0) is 20.5 Å². The Balaban J connectivity index is 2.46. The van der Waals surface area contributed by atoms with Crippen LogP contribution < -0.4 is 5.32 Å². The van der Waals surface area contributed by atoms with Gasteiger partial charge in [-0.2, -0.15) is 13.2 Å². The van der Waals surface area contributed by atoms with E-state index in [0.717, 1.165) is 18.2 Å². The molecule has 0 saturated carbocycles. The summed E-state index contributed by atoms with van der Waals surface area (Å²) in [6, 6.07) is -0.0362. The molecule has 0 aliphatic rings. The van der Waals surface area contributed by atoms with Crippen molar-refractivity contribution in [1.29, 1.82) is 0 Å². The van der Waals surface area contributed by atoms with Gasteiger partial charge in [0.25, 0.3) is 5.22 Å². The molecule has 0 radical (unpaired) electrons. The van der Waals surface area contributed by atoms with Crippen LogP contribution in [-0.4, -0.2) is 53.6 Å². The van der Waals surface area contributed by atoms with Gasteiger partial charge in [0.15, 0.2) is 0 Å². The first-order valence-corrected chi connectivity index (χ1v) is 7.17. The maximum absolute atomic E-state index is 11.9. The number of amides is 1. The van der Waals surface area contributed by atoms with E-state index < -0.39 is 18.6 Å². The topological polar surface area (TPSA) is 71.3 Å². The summed E-state index contributed by atoms with van der Waals surface area (Å²) in [7, 11) is 3.74. The molecule has 0 aromatic carbocycles. The van der Waals surface area contributed by atoms with Gasteiger partial charge in [-0.25, -0.2) is 0 Å². The van der Waals surface area contributed by atoms with Crippen molar-refractivity contribution in [3.8, 4) is 0 Å². The van der Waals surface area contributed by atoms with E-state index in [1.54, 1.807) is 5.32 Å². The Morgan fingerprint density at radius 3 is 2.62 bits per heavy atom. The molecule has 1 aromatic rings. The van der Waals surface area contributed by atoms with E-state index in [1.165, 1.54) is 0 Å². The maximum atomic E-state index is 11.9. The highest BCUT2D eigenvalue weighted by atomic mass is 32.2. The van der Waals surface area contributed by atoms with Crippen LogP contribution in [0.5, 0.6) is 0 Å². The Labute approximate surface area is 124 Å². The molecule has 1 aromatic heterocycles. The molecule has 6 nitrogen and oxygen atoms in total. The van der Waals surface area contributed by atoms with E-state index >= 15 is 0 Å². The van der Waals surface area contributed by atoms with Crippen molar-refractivity contribution in [3.63, 3.8) is 0 Å². The Morgan fingerprint density at radius 1 is 1.43 bits per heavy atom. The average Bonchev–Trinajstić information content (AvgIpc) is 2.82. The fourth-order valence-corrected chi connectivity index (χ4v) is 2.15. The van der Waals surface area contributed by atoms with E-state index in [2.05, 4.69) is 10.2 Å². The molecule has 1 amide bonds. The molecule has 0 spiro atoms. The molecule has 1 heterocycles. The molecule has 0 aliphatic carbocycles. The highest BCUT2D eigenvalue weighted by molar-refractivity contribution is 7.99. The predicted octanol–water partition coefficient (Wildman–Crippen LogP) is 1.85. The zero-order chi connectivity index (χ0) is 16.0. The Bertz CT molecular complexity index is 465. The van der Waals surface area contributed by atoms with E-state index in [9.17, 15) is 18.0 Å². The van der Waals surface area contributed by atoms with E-state index in [1.807, 2.05) is 25.9 Å². The first-order valence-electron chi connectivity index (χ1n) is 6.19. The van der Waals surface area contributed by atoms with E-state index in [4.69, 9.17) is 4.42 Å². The maximum Gasteiger partial charge on any atom is 0.405 e. The molecular weight excluding hydrogens is 309 g/mol. The van der Waals surface area contributed by atoms with Crippen molar-refractivity contribution in [2.75, 3.05) is 26.4 Å². The van der Waals surface area contributed by atoms with Gasteiger partial charge < -0.3 is 9.73 Å². The van der Waals surface area contributed by atoms with Crippen molar-refractivity contribution in [1.82, 2.24) is 20.4 Å². The van der Waals surface area contributed by atoms with Crippen LogP contribution in [0.4, 0.5) is 13.2 Å². The molecular formula is C11H17F3N4O2S. The highest BCUT2D eigenvalue weighted by Crippen LogP contribution is 2.24. The predicted molar refractivity (Wildman–Crippen MR) is 70.8 cm³/mol. The molecule has 0 saturated heterocycles. The van der Waals surface area contributed by atoms with Crippen molar-refractivity contribution in [2.24, 2.45) is 0 Å². The lowest BCUT2D eigenvalue weighted by Gasteiger charge is -2.18. The molecule has 0 unspecified atom stereocenters. The third-order valence-electron chi connectivity index (χ3n) is 2.53. The Hall–Kier alpha value is -1.29. The van der Waals surface area contributed by atoms with E-state index in [0.29, 0.717) is 5.89 Å². The van der Waals surface area contributed by atoms with Gasteiger partial charge in [0.05, 0.1) is 11.8 Å². The number of nitrogens with one attached hydrogen (secondary N) is 1. The summed E-state index contributed by atoms with van der Waals surface area (Å²) in [6.07, 6.45) is -3.65. The second-order valence-corrected chi connectivity index (χ2v) is 5.40. The van der Waals surface area contributed by atoms with Crippen LogP contribution in [0.25, 0.3) is 0 Å². The monoisotopic (exact) mass is 326 g/mol. The summed E-state index contributed by atoms with van der Waals surface area (Å²) >= 11 is 0.901. The van der Waals surface area contributed by atoms with Gasteiger partial charge in [0, 0.05) is 0 Å². The number of thioether (sulfide) groups is 1. The van der Waals surface area contributed by atoms with Crippen molar-refractivity contribution in [3.05, 3.63) is 5.89 Å². The second-order valence-electron chi connectivity index (χ2n) is 4.47. The second kappa shape index (κ2) is 7.64. The summed E-state index contributed by atoms with van der Waals surface area (Å²) in [4.78, 5) is 13.2. The largest absolute Gasteiger partial charge is 0.414 e. The first kappa shape index (κ1) is 17.8. The minimum atomic E-state index is -4.42. The fourth-order valence-electron chi connectivity index (χ4n) is 1.55. The Morgan fingerprint density at radius 2 is 2.10 bits per heavy atom. The minimum Gasteiger partial charge on any atom is -0.414 e. The SMILES string of the molecule is CC[C@@H](c1nnc(SCC(=O)NCC(F)(F)F)o1)N(C)C. The number of carbonyl (C=O) groups excluding carboxylic acids is 1. The first-order chi connectivity index (χ1) is 9.73. The van der Waals surface area contributed by atoms with Crippen LogP contribution in [-0.2, 0) is 4.79 Å². The highest BCUT2D eigenvalue weighted by Gasteiger charge is 2.27. The average molecular weight is 326 g/mol. The summed E-state index contributed by atoms with van der Waals surface area (Å²) in [5.41, 5.74) is 0. The number of alkyl halides is 3. The van der Waals surface area contributed by atoms with Crippen molar-refractivity contribution in [2.45, 2.75) is 30.8 Å². The van der Waals surface area contributed by atoms with Gasteiger partial charge in [-0.3, -0.25) is 9.69 Å². The molecule has 0 fully saturated rings. The Kier molecular flexibility index (Phi) is 6.46. The van der Waals surface area contributed by atoms with Crippen molar-refractivity contribution < 1.29 is 22.4 Å². The van der Waals surface area contributed by atoms with Gasteiger partial charge in [-0.15, -0.1) is 10.2 Å². The molecule has 0 bridgehead atoms. The third kappa shape index (κ3) is 6.34. The van der Waals surface area contributed by atoms with Gasteiger partial charge in [0.1, 0.15) is 6.54 Å². The number of carbonyl (C=O) groups is 1. The van der Waals surface area contributed by atoms with Gasteiger partial charge in [0.2, 0.25) is 11.8 Å². The molecule has 21 heavy (non-hydrogen) atoms. The molecule has 1 atom stereocenters. The summed E-state index contributed by atoms with van der Waals surface area (Å²) < 4.78 is 41.1. The number of rotatable bonds is 7. The number of nitrogens with zero attached hydrogens (tertiary/aromatic N) is 3. The lowest BCUT2D eigenvalue weighted by molar-refractivity contribution is -0.136. The lowest BCUT2D eigenvalue weighted by atomic mass is 10.2. The zero-order valence-electron chi connectivity index (χ0n) is 11.9. The molecule has 0 aliphatic heterocycles. The standard InChI is InChI=1S/C11H17F3N4O2S/c1-4-7(18(2)3)9-16-17-10(20-9)21-5-8(19)15-6-11(12,13)14/h7H,4-6H2,1-3H3,(H,15,19)/t7-/m0/s1. The quantitative estimate of drug-likeness (QED) is 0.771. The number of hydrogen-bond acceptors (Lipinski definition) is 6. The molecule has 1 N–H and O–H groups in total. The van der Waals surface area contributed by atoms with Crippen LogP contribution in [0.1, 0.15) is 25.3 Å². The molecule has 10 heteroatoms. The van der Waals surface area contributed by atoms with Gasteiger partial charge >= 0.3 is 6.18 Å². The smallest absolute Gasteiger partial charge is 0.405 e. The van der Waals surface area contributed by atoms with Gasteiger partial charge in [-0.1, -0.05) is 18.7 Å². The number of halogens is 3. The third-order valence-corrected chi connectivity index (χ3v) is 3.35. The number of hydrogen-bond donors (Lipinski definition) is 1. The summed E-state index contributed by atoms with van der Waals surface area (Å²) in [6.45, 7) is 0.617. The van der Waals surface area contributed by atoms with Crippen LogP contribution in [0.2, 0.25) is 0 Å². The fraction of sp³-hybridized carbons (Fsp3) is 0.727. The van der Waals surface area contributed by atoms with E-state index in [-0.39, 0.29) is 17.0 Å². The number of aromatic nitrogens is 2. The molecule has 120 valence electrons. The van der Waals surface area contributed by atoms with Crippen LogP contribution >= 0.6 is 11.8 Å². The van der Waals surface area contributed by atoms with Crippen LogP contribution in [0.3, 0.4) is 0 Å². The normalized spacial score (nSPS) is 13.5. The van der Waals surface area contributed by atoms with Crippen LogP contribution in [0, 0.1) is 0 Å². The van der Waals surface area contributed by atoms with Crippen LogP contribution in [0.15, 0.2) is 9.64 Å². The van der Waals surface area contributed by atoms with Crippen molar-refractivity contribution >= 4 is 17.7 Å². The minimum absolute atomic E-state index is 0.0362. The zero-order valence-corrected chi connectivity index (χ0v) is 12.7. The summed E-state index contributed by atoms with van der Waals surface area (Å²) in [5, 5.41) is 9.58. The lowest BCUT2D eigenvalue weighted by Crippen LogP contribution is -2.34. The molecule has 1 rings (SSSR count).